The maximum Gasteiger partial charge on any atom is 0.191 e. The minimum Gasteiger partial charge on any atom is -0.365 e. The molecule has 4 nitrogen and oxygen atoms in total. The Bertz CT molecular complexity index is 682. The van der Waals surface area contributed by atoms with Gasteiger partial charge in [-0.15, -0.1) is 0 Å². The highest BCUT2D eigenvalue weighted by molar-refractivity contribution is 5.99. The molecule has 4 heteroatoms. The Morgan fingerprint density at radius 2 is 1.67 bits per heavy atom. The van der Waals surface area contributed by atoms with Gasteiger partial charge in [0.05, 0.1) is 0 Å². The smallest absolute Gasteiger partial charge is 0.191 e. The molecule has 21 heavy (non-hydrogen) atoms. The molecule has 1 aliphatic rings. The van der Waals surface area contributed by atoms with Crippen molar-refractivity contribution in [2.45, 2.75) is 19.1 Å². The summed E-state index contributed by atoms with van der Waals surface area (Å²) in [6, 6.07) is 18.7. The first kappa shape index (κ1) is 13.5. The van der Waals surface area contributed by atoms with Crippen molar-refractivity contribution in [2.75, 3.05) is 0 Å². The SMILES string of the molecule is CC1=NN(C(=N)c2ccccc2)[C@@](O)(c2ccccc2)C1. The first-order valence-corrected chi connectivity index (χ1v) is 6.87. The zero-order valence-corrected chi connectivity index (χ0v) is 11.8. The van der Waals surface area contributed by atoms with Crippen LogP contribution >= 0.6 is 0 Å². The average Bonchev–Trinajstić information content (AvgIpc) is 2.84. The van der Waals surface area contributed by atoms with E-state index in [1.165, 1.54) is 5.01 Å². The quantitative estimate of drug-likeness (QED) is 0.656. The molecule has 0 fully saturated rings. The number of amidine groups is 1. The highest BCUT2D eigenvalue weighted by atomic mass is 16.3. The molecule has 2 N–H and O–H groups in total. The summed E-state index contributed by atoms with van der Waals surface area (Å²) in [6.07, 6.45) is 0.395. The zero-order valence-electron chi connectivity index (χ0n) is 11.8. The summed E-state index contributed by atoms with van der Waals surface area (Å²) in [5, 5.41) is 25.3. The summed E-state index contributed by atoms with van der Waals surface area (Å²) in [5.41, 5.74) is 0.983. The van der Waals surface area contributed by atoms with Crippen LogP contribution in [0.15, 0.2) is 65.8 Å². The molecular weight excluding hydrogens is 262 g/mol. The first-order valence-electron chi connectivity index (χ1n) is 6.87. The molecule has 1 atom stereocenters. The van der Waals surface area contributed by atoms with Crippen LogP contribution in [0.3, 0.4) is 0 Å². The number of nitrogens with one attached hydrogen (secondary N) is 1. The van der Waals surface area contributed by atoms with E-state index in [4.69, 9.17) is 5.41 Å². The molecule has 0 bridgehead atoms. The van der Waals surface area contributed by atoms with Gasteiger partial charge in [0.25, 0.3) is 0 Å². The molecule has 0 spiro atoms. The van der Waals surface area contributed by atoms with Gasteiger partial charge in [-0.3, -0.25) is 5.41 Å². The van der Waals surface area contributed by atoms with Crippen LogP contribution in [0.2, 0.25) is 0 Å². The molecule has 3 rings (SSSR count). The summed E-state index contributed by atoms with van der Waals surface area (Å²) in [6.45, 7) is 1.87. The summed E-state index contributed by atoms with van der Waals surface area (Å²) < 4.78 is 0. The number of hydrazone groups is 1. The van der Waals surface area contributed by atoms with Gasteiger partial charge < -0.3 is 5.11 Å². The average molecular weight is 279 g/mol. The lowest BCUT2D eigenvalue weighted by Crippen LogP contribution is -2.43. The topological polar surface area (TPSA) is 59.7 Å². The fourth-order valence-corrected chi connectivity index (χ4v) is 2.60. The van der Waals surface area contributed by atoms with E-state index >= 15 is 0 Å². The van der Waals surface area contributed by atoms with Crippen molar-refractivity contribution >= 4 is 11.5 Å². The van der Waals surface area contributed by atoms with Crippen LogP contribution in [0.4, 0.5) is 0 Å². The van der Waals surface area contributed by atoms with E-state index in [-0.39, 0.29) is 5.84 Å². The van der Waals surface area contributed by atoms with E-state index in [0.717, 1.165) is 16.8 Å². The van der Waals surface area contributed by atoms with Crippen molar-refractivity contribution in [3.05, 3.63) is 71.8 Å². The lowest BCUT2D eigenvalue weighted by atomic mass is 9.97. The number of rotatable bonds is 2. The Morgan fingerprint density at radius 3 is 2.29 bits per heavy atom. The van der Waals surface area contributed by atoms with Gasteiger partial charge in [-0.05, 0) is 6.92 Å². The van der Waals surface area contributed by atoms with Crippen LogP contribution in [0.1, 0.15) is 24.5 Å². The summed E-state index contributed by atoms with van der Waals surface area (Å²) in [7, 11) is 0. The highest BCUT2D eigenvalue weighted by Crippen LogP contribution is 2.36. The van der Waals surface area contributed by atoms with E-state index in [0.29, 0.717) is 6.42 Å². The van der Waals surface area contributed by atoms with Crippen LogP contribution in [-0.2, 0) is 5.72 Å². The van der Waals surface area contributed by atoms with Crippen LogP contribution in [0, 0.1) is 5.41 Å². The van der Waals surface area contributed by atoms with Crippen molar-refractivity contribution in [1.29, 1.82) is 5.41 Å². The van der Waals surface area contributed by atoms with Crippen molar-refractivity contribution in [2.24, 2.45) is 5.10 Å². The van der Waals surface area contributed by atoms with Gasteiger partial charge in [-0.25, -0.2) is 5.01 Å². The predicted molar refractivity (Wildman–Crippen MR) is 83.2 cm³/mol. The minimum absolute atomic E-state index is 0.193. The van der Waals surface area contributed by atoms with Gasteiger partial charge in [-0.1, -0.05) is 60.7 Å². The lowest BCUT2D eigenvalue weighted by Gasteiger charge is -2.33. The van der Waals surface area contributed by atoms with E-state index in [9.17, 15) is 5.11 Å². The van der Waals surface area contributed by atoms with Gasteiger partial charge in [-0.2, -0.15) is 5.10 Å². The highest BCUT2D eigenvalue weighted by Gasteiger charge is 2.43. The monoisotopic (exact) mass is 279 g/mol. The Kier molecular flexibility index (Phi) is 3.31. The van der Waals surface area contributed by atoms with E-state index in [1.807, 2.05) is 67.6 Å². The third-order valence-electron chi connectivity index (χ3n) is 3.62. The van der Waals surface area contributed by atoms with E-state index in [1.54, 1.807) is 0 Å². The van der Waals surface area contributed by atoms with Crippen LogP contribution in [0.25, 0.3) is 0 Å². The third-order valence-corrected chi connectivity index (χ3v) is 3.62. The van der Waals surface area contributed by atoms with Crippen LogP contribution in [0.5, 0.6) is 0 Å². The molecule has 0 saturated carbocycles. The molecule has 0 aromatic heterocycles. The van der Waals surface area contributed by atoms with Crippen molar-refractivity contribution < 1.29 is 5.11 Å². The number of aliphatic hydroxyl groups is 1. The molecule has 1 aliphatic heterocycles. The Morgan fingerprint density at radius 1 is 1.10 bits per heavy atom. The van der Waals surface area contributed by atoms with Crippen molar-refractivity contribution in [1.82, 2.24) is 5.01 Å². The van der Waals surface area contributed by atoms with Gasteiger partial charge in [0.2, 0.25) is 0 Å². The van der Waals surface area contributed by atoms with Gasteiger partial charge >= 0.3 is 0 Å². The fourth-order valence-electron chi connectivity index (χ4n) is 2.60. The molecule has 0 amide bonds. The number of nitrogens with zero attached hydrogens (tertiary/aromatic N) is 2. The second-order valence-electron chi connectivity index (χ2n) is 5.22. The zero-order chi connectivity index (χ0) is 14.9. The van der Waals surface area contributed by atoms with Crippen molar-refractivity contribution in [3.8, 4) is 0 Å². The van der Waals surface area contributed by atoms with Gasteiger partial charge in [0.1, 0.15) is 0 Å². The molecule has 1 heterocycles. The maximum absolute atomic E-state index is 11.1. The number of hydrogen-bond donors (Lipinski definition) is 2. The molecule has 106 valence electrons. The number of hydrogen-bond acceptors (Lipinski definition) is 3. The van der Waals surface area contributed by atoms with Crippen LogP contribution < -0.4 is 0 Å². The molecule has 2 aromatic carbocycles. The Balaban J connectivity index is 2.01. The number of benzene rings is 2. The second kappa shape index (κ2) is 5.14. The van der Waals surface area contributed by atoms with Crippen LogP contribution in [-0.4, -0.2) is 21.7 Å². The summed E-state index contributed by atoms with van der Waals surface area (Å²) >= 11 is 0. The Hall–Kier alpha value is -2.46. The molecule has 0 saturated heterocycles. The summed E-state index contributed by atoms with van der Waals surface area (Å²) in [5.74, 6) is 0.193. The molecule has 2 aromatic rings. The molecular formula is C17H17N3O. The van der Waals surface area contributed by atoms with Crippen molar-refractivity contribution in [3.63, 3.8) is 0 Å². The standard InChI is InChI=1S/C17H17N3O/c1-13-12-17(21,15-10-6-3-7-11-15)20(19-13)16(18)14-8-4-2-5-9-14/h2-11,18,21H,12H2,1H3/t17-/m0/s1. The van der Waals surface area contributed by atoms with E-state index < -0.39 is 5.72 Å². The Labute approximate surface area is 123 Å². The third kappa shape index (κ3) is 2.34. The molecule has 0 aliphatic carbocycles. The molecule has 0 radical (unpaired) electrons. The van der Waals surface area contributed by atoms with E-state index in [2.05, 4.69) is 5.10 Å². The second-order valence-corrected chi connectivity index (χ2v) is 5.22. The lowest BCUT2D eigenvalue weighted by molar-refractivity contribution is -0.0573. The minimum atomic E-state index is -1.29. The maximum atomic E-state index is 11.1. The molecule has 0 unspecified atom stereocenters. The summed E-state index contributed by atoms with van der Waals surface area (Å²) in [4.78, 5) is 0. The van der Waals surface area contributed by atoms with Gasteiger partial charge in [0.15, 0.2) is 11.6 Å². The largest absolute Gasteiger partial charge is 0.365 e. The van der Waals surface area contributed by atoms with Gasteiger partial charge in [0, 0.05) is 23.3 Å². The fraction of sp³-hybridized carbons (Fsp3) is 0.176. The predicted octanol–water partition coefficient (Wildman–Crippen LogP) is 2.94. The first-order chi connectivity index (χ1) is 10.1. The normalized spacial score (nSPS) is 21.2.